The van der Waals surface area contributed by atoms with E-state index >= 15 is 0 Å². The molecule has 0 aliphatic carbocycles. The molecule has 0 bridgehead atoms. The summed E-state index contributed by atoms with van der Waals surface area (Å²) >= 11 is 0. The van der Waals surface area contributed by atoms with Gasteiger partial charge in [0.2, 0.25) is 5.88 Å². The number of aliphatic imine (C=N–C) groups is 1. The Morgan fingerprint density at radius 3 is 3.00 bits per heavy atom. The smallest absolute Gasteiger partial charge is 0.331 e. The number of aromatic hydroxyl groups is 1. The molecule has 0 spiro atoms. The van der Waals surface area contributed by atoms with Gasteiger partial charge in [0, 0.05) is 18.9 Å². The third kappa shape index (κ3) is 3.30. The van der Waals surface area contributed by atoms with Crippen molar-refractivity contribution in [3.63, 3.8) is 0 Å². The zero-order valence-electron chi connectivity index (χ0n) is 12.0. The molecule has 1 saturated heterocycles. The van der Waals surface area contributed by atoms with E-state index in [1.165, 1.54) is 6.08 Å². The molecule has 1 aromatic rings. The van der Waals surface area contributed by atoms with Crippen molar-refractivity contribution in [3.8, 4) is 5.88 Å². The van der Waals surface area contributed by atoms with E-state index in [2.05, 4.69) is 16.6 Å². The molecule has 0 amide bonds. The van der Waals surface area contributed by atoms with Gasteiger partial charge in [-0.3, -0.25) is 19.3 Å². The Bertz CT molecular complexity index is 666. The number of hydrogen-bond acceptors (Lipinski definition) is 5. The average Bonchev–Trinajstić information content (AvgIpc) is 2.94. The molecular formula is C14H19N3O4. The molecular weight excluding hydrogens is 274 g/mol. The van der Waals surface area contributed by atoms with Crippen molar-refractivity contribution in [2.75, 3.05) is 13.2 Å². The van der Waals surface area contributed by atoms with Crippen LogP contribution in [-0.4, -0.2) is 39.6 Å². The second-order valence-electron chi connectivity index (χ2n) is 4.92. The van der Waals surface area contributed by atoms with Gasteiger partial charge >= 0.3 is 5.69 Å². The Morgan fingerprint density at radius 2 is 2.38 bits per heavy atom. The standard InChI is InChI=1S/C14H19N3O4/c1-3-6-17-13(19)11(12(18)16-14(17)20)9(2)15-8-10-5-4-7-21-10/h3,10,19H,1,4-8H2,2H3,(H,16,18,20)/t10-/m1/s1. The Labute approximate surface area is 121 Å². The SMILES string of the molecule is C=CCn1c(O)c(C(C)=NC[C@H]2CCCO2)c(=O)[nH]c1=O. The third-order valence-corrected chi connectivity index (χ3v) is 3.40. The number of nitrogens with one attached hydrogen (secondary N) is 1. The topological polar surface area (TPSA) is 96.7 Å². The Balaban J connectivity index is 2.35. The lowest BCUT2D eigenvalue weighted by Gasteiger charge is -2.10. The first-order chi connectivity index (χ1) is 10.0. The first kappa shape index (κ1) is 15.2. The van der Waals surface area contributed by atoms with Gasteiger partial charge in [-0.25, -0.2) is 4.79 Å². The quantitative estimate of drug-likeness (QED) is 0.607. The first-order valence-electron chi connectivity index (χ1n) is 6.84. The van der Waals surface area contributed by atoms with Gasteiger partial charge in [-0.05, 0) is 19.8 Å². The summed E-state index contributed by atoms with van der Waals surface area (Å²) in [5.41, 5.74) is -0.934. The van der Waals surface area contributed by atoms with Crippen molar-refractivity contribution in [1.29, 1.82) is 0 Å². The van der Waals surface area contributed by atoms with Crippen LogP contribution in [0.2, 0.25) is 0 Å². The third-order valence-electron chi connectivity index (χ3n) is 3.40. The van der Waals surface area contributed by atoms with Crippen LogP contribution in [0.4, 0.5) is 0 Å². The maximum absolute atomic E-state index is 11.9. The molecule has 0 unspecified atom stereocenters. The molecule has 1 aliphatic heterocycles. The van der Waals surface area contributed by atoms with Gasteiger partial charge in [0.05, 0.1) is 12.6 Å². The molecule has 21 heavy (non-hydrogen) atoms. The number of nitrogens with zero attached hydrogens (tertiary/aromatic N) is 2. The second kappa shape index (κ2) is 6.53. The lowest BCUT2D eigenvalue weighted by Crippen LogP contribution is -2.33. The molecule has 0 saturated carbocycles. The van der Waals surface area contributed by atoms with Crippen LogP contribution in [0.15, 0.2) is 27.2 Å². The minimum Gasteiger partial charge on any atom is -0.494 e. The van der Waals surface area contributed by atoms with Crippen LogP contribution in [0.25, 0.3) is 0 Å². The van der Waals surface area contributed by atoms with E-state index in [4.69, 9.17) is 4.74 Å². The number of rotatable bonds is 5. The van der Waals surface area contributed by atoms with E-state index in [0.717, 1.165) is 24.0 Å². The van der Waals surface area contributed by atoms with Crippen molar-refractivity contribution in [2.24, 2.45) is 4.99 Å². The summed E-state index contributed by atoms with van der Waals surface area (Å²) in [6.07, 6.45) is 3.46. The minimum absolute atomic E-state index is 0.00875. The molecule has 114 valence electrons. The Morgan fingerprint density at radius 1 is 1.62 bits per heavy atom. The van der Waals surface area contributed by atoms with Crippen LogP contribution in [0.5, 0.6) is 5.88 Å². The number of aromatic amines is 1. The average molecular weight is 293 g/mol. The minimum atomic E-state index is -0.673. The summed E-state index contributed by atoms with van der Waals surface area (Å²) in [4.78, 5) is 30.0. The molecule has 2 heterocycles. The maximum atomic E-state index is 11.9. The van der Waals surface area contributed by atoms with Crippen LogP contribution < -0.4 is 11.2 Å². The van der Waals surface area contributed by atoms with Crippen molar-refractivity contribution < 1.29 is 9.84 Å². The van der Waals surface area contributed by atoms with Crippen molar-refractivity contribution in [2.45, 2.75) is 32.4 Å². The Kier molecular flexibility index (Phi) is 4.74. The normalized spacial score (nSPS) is 18.9. The van der Waals surface area contributed by atoms with Crippen molar-refractivity contribution in [1.82, 2.24) is 9.55 Å². The molecule has 2 rings (SSSR count). The van der Waals surface area contributed by atoms with Gasteiger partial charge in [0.15, 0.2) is 0 Å². The lowest BCUT2D eigenvalue weighted by atomic mass is 10.2. The van der Waals surface area contributed by atoms with Gasteiger partial charge in [-0.1, -0.05) is 6.08 Å². The summed E-state index contributed by atoms with van der Waals surface area (Å²) in [7, 11) is 0. The zero-order chi connectivity index (χ0) is 15.4. The van der Waals surface area contributed by atoms with E-state index in [9.17, 15) is 14.7 Å². The van der Waals surface area contributed by atoms with E-state index < -0.39 is 17.1 Å². The van der Waals surface area contributed by atoms with Crippen LogP contribution in [0.3, 0.4) is 0 Å². The molecule has 0 radical (unpaired) electrons. The maximum Gasteiger partial charge on any atom is 0.331 e. The molecule has 1 atom stereocenters. The molecule has 0 aromatic carbocycles. The highest BCUT2D eigenvalue weighted by atomic mass is 16.5. The summed E-state index contributed by atoms with van der Waals surface area (Å²) in [5, 5.41) is 10.1. The highest BCUT2D eigenvalue weighted by Gasteiger charge is 2.18. The summed E-state index contributed by atoms with van der Waals surface area (Å²) in [6, 6.07) is 0. The second-order valence-corrected chi connectivity index (χ2v) is 4.92. The highest BCUT2D eigenvalue weighted by Crippen LogP contribution is 2.14. The summed E-state index contributed by atoms with van der Waals surface area (Å²) in [6.45, 7) is 6.41. The molecule has 7 nitrogen and oxygen atoms in total. The fraction of sp³-hybridized carbons (Fsp3) is 0.500. The fourth-order valence-corrected chi connectivity index (χ4v) is 2.29. The molecule has 1 aromatic heterocycles. The van der Waals surface area contributed by atoms with Crippen molar-refractivity contribution >= 4 is 5.71 Å². The van der Waals surface area contributed by atoms with E-state index in [-0.39, 0.29) is 18.2 Å². The molecule has 1 aliphatic rings. The number of hydrogen-bond donors (Lipinski definition) is 2. The van der Waals surface area contributed by atoms with Crippen LogP contribution in [0.1, 0.15) is 25.3 Å². The van der Waals surface area contributed by atoms with E-state index in [0.29, 0.717) is 12.3 Å². The largest absolute Gasteiger partial charge is 0.494 e. The van der Waals surface area contributed by atoms with Gasteiger partial charge in [-0.15, -0.1) is 6.58 Å². The van der Waals surface area contributed by atoms with Crippen LogP contribution in [-0.2, 0) is 11.3 Å². The first-order valence-corrected chi connectivity index (χ1v) is 6.84. The van der Waals surface area contributed by atoms with Gasteiger partial charge in [0.1, 0.15) is 5.56 Å². The van der Waals surface area contributed by atoms with Crippen LogP contribution in [0, 0.1) is 0 Å². The van der Waals surface area contributed by atoms with Gasteiger partial charge < -0.3 is 9.84 Å². The van der Waals surface area contributed by atoms with Gasteiger partial charge in [0.25, 0.3) is 5.56 Å². The van der Waals surface area contributed by atoms with E-state index in [1.54, 1.807) is 6.92 Å². The van der Waals surface area contributed by atoms with Gasteiger partial charge in [-0.2, -0.15) is 0 Å². The number of ether oxygens (including phenoxy) is 1. The predicted octanol–water partition coefficient (Wildman–Crippen LogP) is 0.416. The Hall–Kier alpha value is -2.15. The monoisotopic (exact) mass is 293 g/mol. The number of aromatic nitrogens is 2. The lowest BCUT2D eigenvalue weighted by molar-refractivity contribution is 0.118. The van der Waals surface area contributed by atoms with Crippen molar-refractivity contribution in [3.05, 3.63) is 39.1 Å². The number of allylic oxidation sites excluding steroid dienone is 1. The number of H-pyrrole nitrogens is 1. The van der Waals surface area contributed by atoms with Crippen LogP contribution >= 0.6 is 0 Å². The highest BCUT2D eigenvalue weighted by molar-refractivity contribution is 6.00. The fourth-order valence-electron chi connectivity index (χ4n) is 2.29. The molecule has 1 fully saturated rings. The van der Waals surface area contributed by atoms with E-state index in [1.807, 2.05) is 0 Å². The molecule has 7 heteroatoms. The zero-order valence-corrected chi connectivity index (χ0v) is 12.0. The summed E-state index contributed by atoms with van der Waals surface area (Å²) in [5.74, 6) is -0.391. The predicted molar refractivity (Wildman–Crippen MR) is 79.2 cm³/mol. The molecule has 2 N–H and O–H groups in total. The summed E-state index contributed by atoms with van der Waals surface area (Å²) < 4.78 is 6.49.